The molecule has 0 unspecified atom stereocenters. The Morgan fingerprint density at radius 1 is 0.623 bits per heavy atom. The normalized spacial score (nSPS) is 14.8. The van der Waals surface area contributed by atoms with Gasteiger partial charge in [-0.15, -0.1) is 0 Å². The van der Waals surface area contributed by atoms with Crippen molar-refractivity contribution >= 4 is 23.6 Å². The van der Waals surface area contributed by atoms with E-state index in [-0.39, 0.29) is 29.7 Å². The summed E-state index contributed by atoms with van der Waals surface area (Å²) in [6.07, 6.45) is 31.8. The Hall–Kier alpha value is -3.72. The van der Waals surface area contributed by atoms with E-state index >= 15 is 0 Å². The molecule has 1 heterocycles. The van der Waals surface area contributed by atoms with Crippen molar-refractivity contribution in [3.8, 4) is 0 Å². The van der Waals surface area contributed by atoms with Crippen molar-refractivity contribution < 1.29 is 19.2 Å². The van der Waals surface area contributed by atoms with E-state index in [0.717, 1.165) is 24.0 Å². The van der Waals surface area contributed by atoms with Gasteiger partial charge in [0.1, 0.15) is 12.1 Å². The number of likely N-dealkylation sites (N-methyl/N-ethyl adjacent to an activating group) is 1. The van der Waals surface area contributed by atoms with E-state index in [0.29, 0.717) is 51.6 Å². The van der Waals surface area contributed by atoms with Crippen LogP contribution in [-0.2, 0) is 19.2 Å². The number of hydrogen-bond acceptors (Lipinski definition) is 5. The molecule has 3 rings (SSSR count). The molecule has 0 aromatic heterocycles. The fraction of sp³-hybridized carbons (Fsp3) is 0.692. The van der Waals surface area contributed by atoms with E-state index in [1.807, 2.05) is 60.7 Å². The molecule has 1 aliphatic heterocycles. The van der Waals surface area contributed by atoms with E-state index < -0.39 is 18.1 Å². The number of carbonyl (C=O) groups is 4. The SMILES string of the molecule is CCCCCCCCCCCCCCCCCCCCCCCC(=O)NCCCC[C@H](NC(=O)[C@H](C)NC)C(=O)N1CCC[C@H]1C(=O)NC(c1ccccc1)c1ccccc1. The number of likely N-dealkylation sites (tertiary alicyclic amines) is 1. The lowest BCUT2D eigenvalue weighted by molar-refractivity contribution is -0.142. The number of carbonyl (C=O) groups excluding carboxylic acids is 4. The van der Waals surface area contributed by atoms with Crippen LogP contribution in [0.5, 0.6) is 0 Å². The molecular weight excluding hydrogens is 759 g/mol. The number of amides is 4. The van der Waals surface area contributed by atoms with E-state index in [1.54, 1.807) is 18.9 Å². The Kier molecular flexibility index (Phi) is 27.9. The Balaban J connectivity index is 1.27. The van der Waals surface area contributed by atoms with Gasteiger partial charge in [0.15, 0.2) is 0 Å². The smallest absolute Gasteiger partial charge is 0.245 e. The third kappa shape index (κ3) is 21.8. The lowest BCUT2D eigenvalue weighted by Gasteiger charge is -2.30. The Labute approximate surface area is 371 Å². The molecule has 9 heteroatoms. The zero-order valence-electron chi connectivity index (χ0n) is 38.7. The molecule has 1 fully saturated rings. The first kappa shape index (κ1) is 51.6. The first-order chi connectivity index (χ1) is 29.8. The summed E-state index contributed by atoms with van der Waals surface area (Å²) in [5.74, 6) is -0.608. The van der Waals surface area contributed by atoms with Gasteiger partial charge in [0.25, 0.3) is 0 Å². The van der Waals surface area contributed by atoms with E-state index in [9.17, 15) is 19.2 Å². The molecule has 0 saturated carbocycles. The molecule has 0 spiro atoms. The predicted molar refractivity (Wildman–Crippen MR) is 252 cm³/mol. The van der Waals surface area contributed by atoms with E-state index in [2.05, 4.69) is 28.2 Å². The van der Waals surface area contributed by atoms with Gasteiger partial charge in [-0.1, -0.05) is 196 Å². The van der Waals surface area contributed by atoms with Crippen molar-refractivity contribution in [1.82, 2.24) is 26.2 Å². The van der Waals surface area contributed by atoms with Gasteiger partial charge in [0, 0.05) is 19.5 Å². The average Bonchev–Trinajstić information content (AvgIpc) is 3.78. The summed E-state index contributed by atoms with van der Waals surface area (Å²) in [5.41, 5.74) is 1.93. The molecule has 9 nitrogen and oxygen atoms in total. The Bertz CT molecular complexity index is 1420. The quantitative estimate of drug-likeness (QED) is 0.0515. The zero-order valence-corrected chi connectivity index (χ0v) is 38.7. The second kappa shape index (κ2) is 32.9. The minimum absolute atomic E-state index is 0.0804. The van der Waals surface area contributed by atoms with Crippen LogP contribution >= 0.6 is 0 Å². The highest BCUT2D eigenvalue weighted by atomic mass is 16.2. The second-order valence-corrected chi connectivity index (χ2v) is 17.7. The van der Waals surface area contributed by atoms with Crippen LogP contribution in [0.2, 0.25) is 0 Å². The van der Waals surface area contributed by atoms with Crippen molar-refractivity contribution in [2.45, 2.75) is 211 Å². The lowest BCUT2D eigenvalue weighted by atomic mass is 9.98. The summed E-state index contributed by atoms with van der Waals surface area (Å²) >= 11 is 0. The maximum atomic E-state index is 14.1. The molecule has 342 valence electrons. The third-order valence-corrected chi connectivity index (χ3v) is 12.6. The number of hydrogen-bond donors (Lipinski definition) is 4. The van der Waals surface area contributed by atoms with Gasteiger partial charge in [0.05, 0.1) is 12.1 Å². The summed E-state index contributed by atoms with van der Waals surface area (Å²) < 4.78 is 0. The van der Waals surface area contributed by atoms with Crippen LogP contribution in [0, 0.1) is 0 Å². The molecule has 0 aliphatic carbocycles. The molecule has 1 saturated heterocycles. The van der Waals surface area contributed by atoms with Crippen LogP contribution in [0.4, 0.5) is 0 Å². The van der Waals surface area contributed by atoms with Gasteiger partial charge in [-0.3, -0.25) is 19.2 Å². The molecular formula is C52H85N5O4. The molecule has 4 N–H and O–H groups in total. The van der Waals surface area contributed by atoms with Gasteiger partial charge in [-0.05, 0) is 63.6 Å². The van der Waals surface area contributed by atoms with Gasteiger partial charge >= 0.3 is 0 Å². The van der Waals surface area contributed by atoms with Crippen LogP contribution in [0.1, 0.15) is 204 Å². The van der Waals surface area contributed by atoms with Gasteiger partial charge in [0.2, 0.25) is 23.6 Å². The topological polar surface area (TPSA) is 120 Å². The summed E-state index contributed by atoms with van der Waals surface area (Å²) in [7, 11) is 1.71. The first-order valence-corrected chi connectivity index (χ1v) is 24.8. The van der Waals surface area contributed by atoms with E-state index in [1.165, 1.54) is 122 Å². The maximum Gasteiger partial charge on any atom is 0.245 e. The average molecular weight is 844 g/mol. The van der Waals surface area contributed by atoms with Crippen LogP contribution in [-0.4, -0.2) is 66.8 Å². The van der Waals surface area contributed by atoms with Crippen LogP contribution in [0.3, 0.4) is 0 Å². The molecule has 0 radical (unpaired) electrons. The van der Waals surface area contributed by atoms with Crippen LogP contribution < -0.4 is 21.3 Å². The van der Waals surface area contributed by atoms with Crippen molar-refractivity contribution in [3.05, 3.63) is 71.8 Å². The minimum atomic E-state index is -0.759. The van der Waals surface area contributed by atoms with Crippen molar-refractivity contribution in [2.24, 2.45) is 0 Å². The number of nitrogens with one attached hydrogen (secondary N) is 4. The van der Waals surface area contributed by atoms with Gasteiger partial charge < -0.3 is 26.2 Å². The van der Waals surface area contributed by atoms with Crippen molar-refractivity contribution in [1.29, 1.82) is 0 Å². The number of unbranched alkanes of at least 4 members (excludes halogenated alkanes) is 21. The van der Waals surface area contributed by atoms with Gasteiger partial charge in [-0.25, -0.2) is 0 Å². The zero-order chi connectivity index (χ0) is 43.8. The minimum Gasteiger partial charge on any atom is -0.356 e. The number of nitrogens with zero attached hydrogens (tertiary/aromatic N) is 1. The number of rotatable bonds is 35. The van der Waals surface area contributed by atoms with Crippen LogP contribution in [0.15, 0.2) is 60.7 Å². The third-order valence-electron chi connectivity index (χ3n) is 12.6. The first-order valence-electron chi connectivity index (χ1n) is 24.8. The molecule has 4 amide bonds. The van der Waals surface area contributed by atoms with Gasteiger partial charge in [-0.2, -0.15) is 0 Å². The predicted octanol–water partition coefficient (Wildman–Crippen LogP) is 10.9. The number of benzene rings is 2. The monoisotopic (exact) mass is 844 g/mol. The van der Waals surface area contributed by atoms with Crippen LogP contribution in [0.25, 0.3) is 0 Å². The molecule has 2 aromatic carbocycles. The molecule has 61 heavy (non-hydrogen) atoms. The summed E-state index contributed by atoms with van der Waals surface area (Å²) in [6.45, 7) is 5.04. The Morgan fingerprint density at radius 3 is 1.57 bits per heavy atom. The fourth-order valence-corrected chi connectivity index (χ4v) is 8.58. The highest BCUT2D eigenvalue weighted by Gasteiger charge is 2.38. The lowest BCUT2D eigenvalue weighted by Crippen LogP contribution is -2.55. The molecule has 3 atom stereocenters. The molecule has 0 bridgehead atoms. The van der Waals surface area contributed by atoms with E-state index in [4.69, 9.17) is 0 Å². The molecule has 1 aliphatic rings. The standard InChI is InChI=1S/C52H85N5O4/c1-4-5-6-7-8-9-10-11-12-13-14-15-16-17-18-19-20-21-22-23-30-40-48(58)54-41-32-31-38-46(55-50(59)43(2)53-3)52(61)57-42-33-39-47(57)51(60)56-49(44-34-26-24-27-35-44)45-36-28-25-29-37-45/h24-29,34-37,43,46-47,49,53H,4-23,30-33,38-42H2,1-3H3,(H,54,58)(H,55,59)(H,56,60)/t43-,46-,47-/m0/s1. The highest BCUT2D eigenvalue weighted by molar-refractivity contribution is 5.93. The second-order valence-electron chi connectivity index (χ2n) is 17.7. The highest BCUT2D eigenvalue weighted by Crippen LogP contribution is 2.25. The van der Waals surface area contributed by atoms with Crippen molar-refractivity contribution in [3.63, 3.8) is 0 Å². The summed E-state index contributed by atoms with van der Waals surface area (Å²) in [5, 5.41) is 12.2. The summed E-state index contributed by atoms with van der Waals surface area (Å²) in [4.78, 5) is 55.2. The Morgan fingerprint density at radius 2 is 1.10 bits per heavy atom. The maximum absolute atomic E-state index is 14.1. The van der Waals surface area contributed by atoms with Crippen molar-refractivity contribution in [2.75, 3.05) is 20.1 Å². The molecule has 2 aromatic rings. The summed E-state index contributed by atoms with van der Waals surface area (Å²) in [6, 6.07) is 17.5. The largest absolute Gasteiger partial charge is 0.356 e. The fourth-order valence-electron chi connectivity index (χ4n) is 8.58.